The summed E-state index contributed by atoms with van der Waals surface area (Å²) in [7, 11) is 3.10. The summed E-state index contributed by atoms with van der Waals surface area (Å²) < 4.78 is 16.4. The number of carbonyl (C=O) groups is 1. The second-order valence-corrected chi connectivity index (χ2v) is 6.63. The third-order valence-electron chi connectivity index (χ3n) is 3.68. The minimum atomic E-state index is -0.0140. The molecule has 0 aliphatic heterocycles. The van der Waals surface area contributed by atoms with Crippen molar-refractivity contribution < 1.29 is 39.3 Å². The van der Waals surface area contributed by atoms with Crippen LogP contribution in [0.15, 0.2) is 42.5 Å². The molecule has 6 heteroatoms. The molecule has 2 aromatic carbocycles. The molecule has 0 aliphatic rings. The molecular weight excluding hydrogens is 330 g/mol. The number of carbonyl (C=O) groups excluding carboxylic acids is 1. The molecule has 2 aromatic rings. The molecule has 0 saturated carbocycles. The van der Waals surface area contributed by atoms with Gasteiger partial charge in [0.05, 0.1) is 20.3 Å². The Hall–Kier alpha value is -1.46. The van der Waals surface area contributed by atoms with Crippen LogP contribution < -0.4 is 38.4 Å². The van der Waals surface area contributed by atoms with Crippen molar-refractivity contribution in [2.75, 3.05) is 14.2 Å². The smallest absolute Gasteiger partial charge is 1.00 e. The maximum Gasteiger partial charge on any atom is 1.00 e. The molecule has 0 aliphatic carbocycles. The van der Waals surface area contributed by atoms with E-state index in [4.69, 9.17) is 14.2 Å². The van der Waals surface area contributed by atoms with E-state index in [9.17, 15) is 4.79 Å². The molecule has 0 bridgehead atoms. The van der Waals surface area contributed by atoms with Crippen molar-refractivity contribution in [3.63, 3.8) is 0 Å². The topological polar surface area (TPSA) is 44.8 Å². The molecule has 0 N–H and O–H groups in total. The normalized spacial score (nSPS) is 11.7. The van der Waals surface area contributed by atoms with Gasteiger partial charge in [-0.25, -0.2) is 0 Å². The van der Waals surface area contributed by atoms with Crippen molar-refractivity contribution in [3.8, 4) is 17.2 Å². The van der Waals surface area contributed by atoms with Crippen molar-refractivity contribution in [2.24, 2.45) is 0 Å². The molecule has 130 valence electrons. The summed E-state index contributed by atoms with van der Waals surface area (Å²) in [5.74, 6) is 1.88. The van der Waals surface area contributed by atoms with Gasteiger partial charge in [0, 0.05) is 0 Å². The quantitative estimate of drug-likeness (QED) is 0.527. The Kier molecular flexibility index (Phi) is 9.07. The molecule has 0 saturated heterocycles. The third kappa shape index (κ3) is 5.78. The molecule has 0 radical (unpaired) electrons. The van der Waals surface area contributed by atoms with Crippen LogP contribution in [0.2, 0.25) is 0 Å². The van der Waals surface area contributed by atoms with Gasteiger partial charge in [-0.05, 0) is 51.5 Å². The van der Waals surface area contributed by atoms with Crippen LogP contribution in [0, 0.1) is 0 Å². The van der Waals surface area contributed by atoms with E-state index >= 15 is 0 Å². The molecule has 0 amide bonds. The first-order valence-electron chi connectivity index (χ1n) is 7.88. The van der Waals surface area contributed by atoms with E-state index in [0.717, 1.165) is 17.5 Å². The Balaban J connectivity index is 0.00000312. The molecule has 0 fully saturated rings. The van der Waals surface area contributed by atoms with Crippen molar-refractivity contribution >= 4 is 19.4 Å². The van der Waals surface area contributed by atoms with Crippen molar-refractivity contribution in [2.45, 2.75) is 26.4 Å². The van der Waals surface area contributed by atoms with E-state index in [1.165, 1.54) is 0 Å². The van der Waals surface area contributed by atoms with Gasteiger partial charge < -0.3 is 15.6 Å². The maximum absolute atomic E-state index is 12.7. The van der Waals surface area contributed by atoms with Crippen LogP contribution in [0.1, 0.15) is 32.1 Å². The standard InChI is InChI=1S/C19H23O4P.Li.H/c1-5-13(2)23-14-9-11-15(12-10-14)24-19(20)18-16(21-3)7-6-8-17(18)22-4;;/h6-13,24H,5H2,1-4H3;;/q;+1;-1. The zero-order chi connectivity index (χ0) is 17.5. The van der Waals surface area contributed by atoms with E-state index in [2.05, 4.69) is 6.92 Å². The average Bonchev–Trinajstić information content (AvgIpc) is 2.62. The predicted octanol–water partition coefficient (Wildman–Crippen LogP) is 1.14. The number of methoxy groups -OCH3 is 2. The molecule has 0 heterocycles. The van der Waals surface area contributed by atoms with Gasteiger partial charge in [0.15, 0.2) is 5.52 Å². The first-order valence-corrected chi connectivity index (χ1v) is 8.88. The van der Waals surface area contributed by atoms with Crippen molar-refractivity contribution in [1.82, 2.24) is 0 Å². The fraction of sp³-hybridized carbons (Fsp3) is 0.316. The van der Waals surface area contributed by atoms with E-state index in [-0.39, 0.29) is 40.5 Å². The molecule has 2 rings (SSSR count). The van der Waals surface area contributed by atoms with Gasteiger partial charge in [-0.3, -0.25) is 4.79 Å². The Morgan fingerprint density at radius 3 is 2.12 bits per heavy atom. The summed E-state index contributed by atoms with van der Waals surface area (Å²) in [4.78, 5) is 12.7. The van der Waals surface area contributed by atoms with Gasteiger partial charge in [-0.15, -0.1) is 0 Å². The Bertz CT molecular complexity index is 672. The second-order valence-electron chi connectivity index (χ2n) is 5.35. The summed E-state index contributed by atoms with van der Waals surface area (Å²) in [6.45, 7) is 4.12. The minimum Gasteiger partial charge on any atom is -1.00 e. The average molecular weight is 354 g/mol. The van der Waals surface area contributed by atoms with Crippen LogP contribution in [0.25, 0.3) is 0 Å². The summed E-state index contributed by atoms with van der Waals surface area (Å²) in [5.41, 5.74) is 0.473. The molecule has 2 atom stereocenters. The van der Waals surface area contributed by atoms with Gasteiger partial charge >= 0.3 is 18.9 Å². The SMILES string of the molecule is CCC(C)Oc1ccc(PC(=O)c2c(OC)cccc2OC)cc1.[H-].[Li+]. The summed E-state index contributed by atoms with van der Waals surface area (Å²) >= 11 is 0. The van der Waals surface area contributed by atoms with Crippen LogP contribution in [-0.2, 0) is 0 Å². The van der Waals surface area contributed by atoms with Crippen LogP contribution in [0.3, 0.4) is 0 Å². The number of benzene rings is 2. The van der Waals surface area contributed by atoms with Crippen LogP contribution >= 0.6 is 8.58 Å². The molecule has 4 nitrogen and oxygen atoms in total. The Morgan fingerprint density at radius 2 is 1.64 bits per heavy atom. The minimum absolute atomic E-state index is 0. The summed E-state index contributed by atoms with van der Waals surface area (Å²) in [6, 6.07) is 13.0. The molecule has 0 aromatic heterocycles. The number of hydrogen-bond donors (Lipinski definition) is 0. The van der Waals surface area contributed by atoms with Gasteiger partial charge in [0.1, 0.15) is 22.8 Å². The third-order valence-corrected chi connectivity index (χ3v) is 4.78. The van der Waals surface area contributed by atoms with Gasteiger partial charge in [-0.2, -0.15) is 0 Å². The van der Waals surface area contributed by atoms with Gasteiger partial charge in [0.25, 0.3) is 0 Å². The first kappa shape index (κ1) is 21.6. The molecular formula is C19H24LiO4P. The number of hydrogen-bond acceptors (Lipinski definition) is 4. The van der Waals surface area contributed by atoms with Crippen LogP contribution in [0.5, 0.6) is 17.2 Å². The predicted molar refractivity (Wildman–Crippen MR) is 99.8 cm³/mol. The first-order chi connectivity index (χ1) is 11.6. The molecule has 0 spiro atoms. The maximum atomic E-state index is 12.7. The summed E-state index contributed by atoms with van der Waals surface area (Å²) in [6.07, 6.45) is 1.13. The van der Waals surface area contributed by atoms with Crippen molar-refractivity contribution in [3.05, 3.63) is 48.0 Å². The van der Waals surface area contributed by atoms with Crippen LogP contribution in [0.4, 0.5) is 0 Å². The van der Waals surface area contributed by atoms with Crippen LogP contribution in [-0.4, -0.2) is 25.8 Å². The van der Waals surface area contributed by atoms with E-state index in [0.29, 0.717) is 17.1 Å². The number of ether oxygens (including phenoxy) is 3. The van der Waals surface area contributed by atoms with Gasteiger partial charge in [-0.1, -0.05) is 25.1 Å². The zero-order valence-electron chi connectivity index (χ0n) is 16.5. The van der Waals surface area contributed by atoms with Gasteiger partial charge in [0.2, 0.25) is 0 Å². The molecule has 2 unspecified atom stereocenters. The second kappa shape index (κ2) is 10.5. The zero-order valence-corrected chi connectivity index (χ0v) is 16.5. The fourth-order valence-electron chi connectivity index (χ4n) is 2.20. The van der Waals surface area contributed by atoms with E-state index in [1.54, 1.807) is 32.4 Å². The largest absolute Gasteiger partial charge is 1.00 e. The monoisotopic (exact) mass is 354 g/mol. The number of rotatable bonds is 8. The summed E-state index contributed by atoms with van der Waals surface area (Å²) in [5, 5.41) is 0.949. The fourth-order valence-corrected chi connectivity index (χ4v) is 3.17. The van der Waals surface area contributed by atoms with E-state index in [1.807, 2.05) is 31.2 Å². The molecule has 25 heavy (non-hydrogen) atoms. The Morgan fingerprint density at radius 1 is 1.08 bits per heavy atom. The van der Waals surface area contributed by atoms with E-state index < -0.39 is 0 Å². The Labute approximate surface area is 164 Å². The van der Waals surface area contributed by atoms with Crippen molar-refractivity contribution in [1.29, 1.82) is 0 Å².